The molecule has 0 bridgehead atoms. The molecule has 0 atom stereocenters. The zero-order valence-corrected chi connectivity index (χ0v) is 21.4. The quantitative estimate of drug-likeness (QED) is 0.311. The van der Waals surface area contributed by atoms with Gasteiger partial charge in [-0.2, -0.15) is 0 Å². The van der Waals surface area contributed by atoms with E-state index >= 15 is 0 Å². The van der Waals surface area contributed by atoms with Gasteiger partial charge in [-0.15, -0.1) is 0 Å². The van der Waals surface area contributed by atoms with Crippen molar-refractivity contribution in [2.24, 2.45) is 0 Å². The average molecular weight is 594 g/mol. The van der Waals surface area contributed by atoms with Crippen LogP contribution in [-0.4, -0.2) is 28.5 Å². The topological polar surface area (TPSA) is 75.7 Å². The van der Waals surface area contributed by atoms with Gasteiger partial charge in [0, 0.05) is 5.69 Å². The van der Waals surface area contributed by atoms with E-state index in [1.807, 2.05) is 0 Å². The first-order chi connectivity index (χ1) is 17.2. The fourth-order valence-electron chi connectivity index (χ4n) is 3.23. The van der Waals surface area contributed by atoms with Crippen LogP contribution in [0, 0.1) is 11.6 Å². The molecule has 1 aliphatic rings. The van der Waals surface area contributed by atoms with E-state index in [4.69, 9.17) is 16.3 Å². The second-order valence-corrected chi connectivity index (χ2v) is 9.81. The number of halogens is 4. The lowest BCUT2D eigenvalue weighted by Crippen LogP contribution is -2.36. The molecule has 0 spiro atoms. The second kappa shape index (κ2) is 11.2. The Morgan fingerprint density at radius 2 is 1.83 bits per heavy atom. The fourth-order valence-corrected chi connectivity index (χ4v) is 5.06. The smallest absolute Gasteiger partial charge is 0.294 e. The van der Waals surface area contributed by atoms with Crippen molar-refractivity contribution >= 4 is 68.1 Å². The summed E-state index contributed by atoms with van der Waals surface area (Å²) in [5.41, 5.74) is 1.48. The number of ether oxygens (including phenoxy) is 1. The highest BCUT2D eigenvalue weighted by molar-refractivity contribution is 9.10. The Bertz CT molecular complexity index is 1360. The third-order valence-electron chi connectivity index (χ3n) is 4.90. The van der Waals surface area contributed by atoms with E-state index < -0.39 is 29.4 Å². The van der Waals surface area contributed by atoms with E-state index in [0.29, 0.717) is 27.5 Å². The van der Waals surface area contributed by atoms with Crippen LogP contribution in [-0.2, 0) is 16.2 Å². The molecular weight excluding hydrogens is 578 g/mol. The summed E-state index contributed by atoms with van der Waals surface area (Å²) in [6, 6.07) is 14.4. The lowest BCUT2D eigenvalue weighted by atomic mass is 10.2. The van der Waals surface area contributed by atoms with Crippen LogP contribution in [0.5, 0.6) is 5.75 Å². The summed E-state index contributed by atoms with van der Waals surface area (Å²) in [7, 11) is 0. The number of rotatable bonds is 7. The summed E-state index contributed by atoms with van der Waals surface area (Å²) in [4.78, 5) is 38.3. The van der Waals surface area contributed by atoms with E-state index in [0.717, 1.165) is 16.5 Å². The molecule has 0 aliphatic carbocycles. The van der Waals surface area contributed by atoms with Gasteiger partial charge in [0.25, 0.3) is 11.1 Å². The van der Waals surface area contributed by atoms with E-state index in [1.165, 1.54) is 36.4 Å². The van der Waals surface area contributed by atoms with Gasteiger partial charge in [-0.25, -0.2) is 8.78 Å². The van der Waals surface area contributed by atoms with Gasteiger partial charge in [0.1, 0.15) is 24.8 Å². The molecular formula is C25H16BrClF2N2O4S. The first-order valence-corrected chi connectivity index (χ1v) is 12.4. The van der Waals surface area contributed by atoms with E-state index in [-0.39, 0.29) is 28.0 Å². The largest absolute Gasteiger partial charge is 0.486 e. The molecule has 4 rings (SSSR count). The van der Waals surface area contributed by atoms with Gasteiger partial charge in [-0.05, 0) is 87.4 Å². The van der Waals surface area contributed by atoms with Gasteiger partial charge >= 0.3 is 0 Å². The third-order valence-corrected chi connectivity index (χ3v) is 6.68. The Kier molecular flexibility index (Phi) is 8.07. The zero-order valence-electron chi connectivity index (χ0n) is 18.3. The highest BCUT2D eigenvalue weighted by Crippen LogP contribution is 2.38. The van der Waals surface area contributed by atoms with Crippen LogP contribution in [0.2, 0.25) is 5.02 Å². The molecule has 0 radical (unpaired) electrons. The maximum Gasteiger partial charge on any atom is 0.294 e. The number of carbonyl (C=O) groups is 3. The molecule has 3 amide bonds. The Morgan fingerprint density at radius 3 is 2.53 bits per heavy atom. The van der Waals surface area contributed by atoms with Crippen LogP contribution in [0.25, 0.3) is 6.08 Å². The van der Waals surface area contributed by atoms with Crippen molar-refractivity contribution in [3.8, 4) is 5.75 Å². The van der Waals surface area contributed by atoms with Gasteiger partial charge in [-0.3, -0.25) is 19.3 Å². The summed E-state index contributed by atoms with van der Waals surface area (Å²) < 4.78 is 32.6. The number of thioether (sulfide) groups is 1. The molecule has 184 valence electrons. The Labute approximate surface area is 222 Å². The summed E-state index contributed by atoms with van der Waals surface area (Å²) >= 11 is 10.5. The van der Waals surface area contributed by atoms with Crippen molar-refractivity contribution in [2.45, 2.75) is 6.61 Å². The standard InChI is InChI=1S/C25H16BrClF2N2O4S/c26-19-8-15(9-20(27)23(19)35-13-14-4-6-16(28)7-5-14)10-21-24(33)31(25(34)36-21)12-22(32)30-18-3-1-2-17(29)11-18/h1-11H,12-13H2,(H,30,32)/b21-10+. The summed E-state index contributed by atoms with van der Waals surface area (Å²) in [6.07, 6.45) is 1.48. The first-order valence-electron chi connectivity index (χ1n) is 10.4. The number of nitrogens with zero attached hydrogens (tertiary/aromatic N) is 1. The van der Waals surface area contributed by atoms with Crippen molar-refractivity contribution < 1.29 is 27.9 Å². The van der Waals surface area contributed by atoms with Crippen molar-refractivity contribution in [1.29, 1.82) is 0 Å². The number of carbonyl (C=O) groups excluding carboxylic acids is 3. The highest BCUT2D eigenvalue weighted by atomic mass is 79.9. The minimum atomic E-state index is -0.641. The van der Waals surface area contributed by atoms with Crippen molar-refractivity contribution in [2.75, 3.05) is 11.9 Å². The number of hydrogen-bond donors (Lipinski definition) is 1. The number of nitrogens with one attached hydrogen (secondary N) is 1. The summed E-state index contributed by atoms with van der Waals surface area (Å²) in [5, 5.41) is 2.10. The molecule has 0 saturated carbocycles. The monoisotopic (exact) mass is 592 g/mol. The molecule has 1 aliphatic heterocycles. The van der Waals surface area contributed by atoms with Gasteiger partial charge in [0.2, 0.25) is 5.91 Å². The molecule has 1 saturated heterocycles. The lowest BCUT2D eigenvalue weighted by molar-refractivity contribution is -0.127. The Hall–Kier alpha value is -3.21. The van der Waals surface area contributed by atoms with Crippen LogP contribution in [0.15, 0.2) is 70.0 Å². The maximum atomic E-state index is 13.3. The molecule has 36 heavy (non-hydrogen) atoms. The van der Waals surface area contributed by atoms with Crippen LogP contribution < -0.4 is 10.1 Å². The molecule has 11 heteroatoms. The fraction of sp³-hybridized carbons (Fsp3) is 0.0800. The predicted molar refractivity (Wildman–Crippen MR) is 138 cm³/mol. The lowest BCUT2D eigenvalue weighted by Gasteiger charge is -2.12. The number of benzene rings is 3. The summed E-state index contributed by atoms with van der Waals surface area (Å²) in [6.45, 7) is -0.354. The van der Waals surface area contributed by atoms with Crippen molar-refractivity contribution in [1.82, 2.24) is 4.90 Å². The van der Waals surface area contributed by atoms with E-state index in [2.05, 4.69) is 21.2 Å². The van der Waals surface area contributed by atoms with Gasteiger partial charge < -0.3 is 10.1 Å². The van der Waals surface area contributed by atoms with Crippen LogP contribution in [0.1, 0.15) is 11.1 Å². The second-order valence-electron chi connectivity index (χ2n) is 7.56. The predicted octanol–water partition coefficient (Wildman–Crippen LogP) is 6.63. The first kappa shape index (κ1) is 25.9. The SMILES string of the molecule is O=C(CN1C(=O)S/C(=C/c2cc(Cl)c(OCc3ccc(F)cc3)c(Br)c2)C1=O)Nc1cccc(F)c1. The van der Waals surface area contributed by atoms with Crippen LogP contribution in [0.3, 0.4) is 0 Å². The minimum Gasteiger partial charge on any atom is -0.486 e. The minimum absolute atomic E-state index is 0.113. The molecule has 0 aromatic heterocycles. The maximum absolute atomic E-state index is 13.3. The highest BCUT2D eigenvalue weighted by Gasteiger charge is 2.36. The van der Waals surface area contributed by atoms with Gasteiger partial charge in [-0.1, -0.05) is 29.8 Å². The van der Waals surface area contributed by atoms with Crippen molar-refractivity contribution in [3.05, 3.63) is 97.8 Å². The van der Waals surface area contributed by atoms with E-state index in [9.17, 15) is 23.2 Å². The Morgan fingerprint density at radius 1 is 1.08 bits per heavy atom. The molecule has 0 unspecified atom stereocenters. The molecule has 6 nitrogen and oxygen atoms in total. The van der Waals surface area contributed by atoms with E-state index in [1.54, 1.807) is 24.3 Å². The van der Waals surface area contributed by atoms with Crippen molar-refractivity contribution in [3.63, 3.8) is 0 Å². The van der Waals surface area contributed by atoms with Crippen LogP contribution in [0.4, 0.5) is 19.3 Å². The average Bonchev–Trinajstić information content (AvgIpc) is 3.07. The molecule has 1 N–H and O–H groups in total. The van der Waals surface area contributed by atoms with Crippen LogP contribution >= 0.6 is 39.3 Å². The summed E-state index contributed by atoms with van der Waals surface area (Å²) in [5.74, 6) is -1.79. The molecule has 3 aromatic rings. The number of imide groups is 1. The number of amides is 3. The van der Waals surface area contributed by atoms with Gasteiger partial charge in [0.05, 0.1) is 14.4 Å². The third kappa shape index (κ3) is 6.31. The molecule has 1 heterocycles. The number of hydrogen-bond acceptors (Lipinski definition) is 5. The number of anilines is 1. The zero-order chi connectivity index (χ0) is 25.8. The Balaban J connectivity index is 1.43. The van der Waals surface area contributed by atoms with Gasteiger partial charge in [0.15, 0.2) is 5.75 Å². The molecule has 1 fully saturated rings. The molecule has 3 aromatic carbocycles. The normalized spacial score (nSPS) is 14.4.